The Labute approximate surface area is 322 Å². The van der Waals surface area contributed by atoms with E-state index in [1.54, 1.807) is 0 Å². The Kier molecular flexibility index (Phi) is 3.47. The molecule has 2 atom stereocenters. The lowest BCUT2D eigenvalue weighted by molar-refractivity contribution is 0.0578. The largest absolute Gasteiger partial charge is 0.329 e. The van der Waals surface area contributed by atoms with E-state index in [1.807, 2.05) is 30.3 Å². The third-order valence-electron chi connectivity index (χ3n) is 16.9. The average Bonchev–Trinajstić information content (AvgIpc) is 4.09. The number of benzene rings is 10. The number of terminal acetylenes is 2. The van der Waals surface area contributed by atoms with Crippen LogP contribution < -0.4 is 5.22 Å². The summed E-state index contributed by atoms with van der Waals surface area (Å²) in [7, 11) is 0. The summed E-state index contributed by atoms with van der Waals surface area (Å²) in [5, 5.41) is 38.5. The van der Waals surface area contributed by atoms with Crippen molar-refractivity contribution in [2.45, 2.75) is 23.8 Å². The third-order valence-corrected chi connectivity index (χ3v) is 16.9. The fourth-order valence-electron chi connectivity index (χ4n) is 15.5. The van der Waals surface area contributed by atoms with Crippen LogP contribution in [0.5, 0.6) is 0 Å². The molecule has 1 unspecified atom stereocenters. The minimum Gasteiger partial charge on any atom is -0.329 e. The van der Waals surface area contributed by atoms with Gasteiger partial charge in [0.15, 0.2) is 0 Å². The number of rotatable bonds is 3. The second-order valence-corrected chi connectivity index (χ2v) is 18.3. The molecule has 0 saturated carbocycles. The van der Waals surface area contributed by atoms with Crippen molar-refractivity contribution in [2.24, 2.45) is 5.92 Å². The molecule has 254 valence electrons. The van der Waals surface area contributed by atoms with E-state index in [2.05, 4.69) is 71.3 Å². The molecule has 0 radical (unpaired) electrons. The molecule has 1 amide bonds. The highest BCUT2D eigenvalue weighted by Gasteiger charge is 2.66. The topological polar surface area (TPSA) is 20.3 Å². The molecule has 15 aromatic carbocycles. The first-order valence-electron chi connectivity index (χ1n) is 20.3. The van der Waals surface area contributed by atoms with Crippen LogP contribution in [-0.4, -0.2) is 22.9 Å². The van der Waals surface area contributed by atoms with Crippen LogP contribution in [0.25, 0.3) is 146 Å². The van der Waals surface area contributed by atoms with Gasteiger partial charge in [0.2, 0.25) is 0 Å². The second kappa shape index (κ2) is 7.42. The molecule has 2 heteroatoms. The fourth-order valence-corrected chi connectivity index (χ4v) is 15.5. The van der Waals surface area contributed by atoms with Crippen molar-refractivity contribution in [3.63, 3.8) is 0 Å². The normalized spacial score (nSPS) is 20.5. The molecule has 1 spiro atoms. The number of carbonyl (C=O) groups excluding carboxylic acids is 1. The Balaban J connectivity index is 1.20. The van der Waals surface area contributed by atoms with Gasteiger partial charge in [-0.15, -0.1) is 24.7 Å². The van der Waals surface area contributed by atoms with E-state index in [4.69, 9.17) is 12.8 Å². The Morgan fingerprint density at radius 2 is 0.965 bits per heavy atom. The van der Waals surface area contributed by atoms with Gasteiger partial charge in [-0.3, -0.25) is 4.79 Å². The van der Waals surface area contributed by atoms with Crippen LogP contribution in [0.1, 0.15) is 34.3 Å². The lowest BCUT2D eigenvalue weighted by Gasteiger charge is -2.42. The van der Waals surface area contributed by atoms with Gasteiger partial charge in [-0.1, -0.05) is 72.8 Å². The van der Waals surface area contributed by atoms with Crippen molar-refractivity contribution >= 4 is 152 Å². The van der Waals surface area contributed by atoms with Gasteiger partial charge in [-0.25, -0.2) is 0 Å². The molecule has 0 bridgehead atoms. The summed E-state index contributed by atoms with van der Waals surface area (Å²) in [4.78, 5) is 17.3. The highest BCUT2D eigenvalue weighted by molar-refractivity contribution is 6.67. The molecule has 15 aromatic rings. The lowest BCUT2D eigenvalue weighted by Crippen LogP contribution is -2.51. The molecule has 2 nitrogen and oxygen atoms in total. The summed E-state index contributed by atoms with van der Waals surface area (Å²) in [6, 6.07) is 29.2. The molecule has 1 fully saturated rings. The fraction of sp³-hybridized carbons (Fsp3) is 0.109. The summed E-state index contributed by atoms with van der Waals surface area (Å²) < 4.78 is 0. The summed E-state index contributed by atoms with van der Waals surface area (Å²) >= 11 is 0. The molecular weight excluding hydrogens is 691 g/mol. The summed E-state index contributed by atoms with van der Waals surface area (Å²) in [6.07, 6.45) is 16.2. The number of hydrogen-bond donors (Lipinski definition) is 0. The molecule has 1 aliphatic heterocycles. The second-order valence-electron chi connectivity index (χ2n) is 18.3. The van der Waals surface area contributed by atoms with Crippen molar-refractivity contribution in [3.05, 3.63) is 101 Å². The zero-order valence-electron chi connectivity index (χ0n) is 30.3. The molecule has 1 saturated heterocycles. The van der Waals surface area contributed by atoms with E-state index >= 15 is 4.79 Å². The highest BCUT2D eigenvalue weighted by atomic mass is 16.2. The monoisotopic (exact) mass is 713 g/mol. The standard InChI is InChI=1S/C55H23NO/c1-3-18-54(19-4-2)32-20-30-29-15-14-26-25-11-10-23-24-12-13-27-28-16-17-31-41-39(28)44-36(27)35(24)42-33(23)34(25)43-37(26)38(29)45-40(30)52(51(41)50-48(44)46(42)47(43)49(45)50)55(31,32)21-56(54)53(57)22-8-6-5-7-9-22/h1-2,5-17,20,32H,18-19,21H2/t32?,55-/m1/s1. The Bertz CT molecular complexity index is 4500. The van der Waals surface area contributed by atoms with Crippen LogP contribution >= 0.6 is 0 Å². The van der Waals surface area contributed by atoms with E-state index in [0.717, 1.165) is 0 Å². The highest BCUT2D eigenvalue weighted by Crippen LogP contribution is 2.71. The molecular formula is C55H23NO. The zero-order chi connectivity index (χ0) is 36.5. The lowest BCUT2D eigenvalue weighted by atomic mass is 9.60. The maximum Gasteiger partial charge on any atom is 0.254 e. The van der Waals surface area contributed by atoms with Crippen molar-refractivity contribution < 1.29 is 4.79 Å². The van der Waals surface area contributed by atoms with Crippen molar-refractivity contribution in [2.75, 3.05) is 6.54 Å². The summed E-state index contributed by atoms with van der Waals surface area (Å²) in [5.74, 6) is 6.09. The van der Waals surface area contributed by atoms with Crippen LogP contribution in [0.2, 0.25) is 0 Å². The summed E-state index contributed by atoms with van der Waals surface area (Å²) in [5.41, 5.74) is 2.14. The number of likely N-dealkylation sites (tertiary alicyclic amines) is 1. The maximum absolute atomic E-state index is 15.2. The van der Waals surface area contributed by atoms with E-state index in [0.29, 0.717) is 24.9 Å². The van der Waals surface area contributed by atoms with E-state index in [9.17, 15) is 0 Å². The quantitative estimate of drug-likeness (QED) is 0.132. The van der Waals surface area contributed by atoms with Crippen LogP contribution in [0.15, 0.2) is 78.9 Å². The van der Waals surface area contributed by atoms with Crippen molar-refractivity contribution in [3.8, 4) is 24.7 Å². The minimum atomic E-state index is -0.787. The first kappa shape index (κ1) is 26.6. The third kappa shape index (κ3) is 2.07. The minimum absolute atomic E-state index is 0.00806. The number of nitrogens with zero attached hydrogens (tertiary/aromatic N) is 1. The smallest absolute Gasteiger partial charge is 0.254 e. The van der Waals surface area contributed by atoms with Crippen molar-refractivity contribution in [1.82, 2.24) is 4.90 Å². The van der Waals surface area contributed by atoms with Gasteiger partial charge in [0, 0.05) is 36.3 Å². The Morgan fingerprint density at radius 1 is 0.526 bits per heavy atom. The molecule has 2 aliphatic carbocycles. The first-order valence-corrected chi connectivity index (χ1v) is 20.3. The van der Waals surface area contributed by atoms with Crippen LogP contribution in [0, 0.1) is 30.6 Å². The Hall–Kier alpha value is -7.13. The maximum atomic E-state index is 15.2. The van der Waals surface area contributed by atoms with Gasteiger partial charge in [-0.05, 0) is 169 Å². The molecule has 1 heterocycles. The Morgan fingerprint density at radius 3 is 1.51 bits per heavy atom. The molecule has 57 heavy (non-hydrogen) atoms. The zero-order valence-corrected chi connectivity index (χ0v) is 30.3. The van der Waals surface area contributed by atoms with E-state index < -0.39 is 11.0 Å². The molecule has 0 N–H and O–H groups in total. The van der Waals surface area contributed by atoms with Gasteiger partial charge in [0.05, 0.1) is 5.54 Å². The predicted molar refractivity (Wildman–Crippen MR) is 237 cm³/mol. The SMILES string of the molecule is C#CCC1(CC#C)C2C=c3c4ccc5c6ccc7c8ccc9c%10ccc%11c%12c%13c(c3c3c4c5c4c6c7c5c8c9c(c%10%12)c6c%13c3c4c56)[C@]%112CN1C(=O)c1ccccc1. The van der Waals surface area contributed by atoms with Gasteiger partial charge >= 0.3 is 0 Å². The van der Waals surface area contributed by atoms with Crippen LogP contribution in [0.3, 0.4) is 0 Å². The number of fused-ring (bicyclic) bond motifs is 4. The van der Waals surface area contributed by atoms with Crippen molar-refractivity contribution in [1.29, 1.82) is 0 Å². The predicted octanol–water partition coefficient (Wildman–Crippen LogP) is 11.7. The molecule has 3 aliphatic rings. The first-order chi connectivity index (χ1) is 28.1. The molecule has 0 aromatic heterocycles. The van der Waals surface area contributed by atoms with Gasteiger partial charge in [0.1, 0.15) is 0 Å². The number of hydrogen-bond acceptors (Lipinski definition) is 1. The van der Waals surface area contributed by atoms with Gasteiger partial charge < -0.3 is 4.90 Å². The van der Waals surface area contributed by atoms with Crippen LogP contribution in [0.4, 0.5) is 0 Å². The van der Waals surface area contributed by atoms with Gasteiger partial charge in [0.25, 0.3) is 5.91 Å². The van der Waals surface area contributed by atoms with Crippen LogP contribution in [-0.2, 0) is 5.41 Å². The van der Waals surface area contributed by atoms with Gasteiger partial charge in [-0.2, -0.15) is 0 Å². The average molecular weight is 714 g/mol. The number of carbonyl (C=O) groups is 1. The summed E-state index contributed by atoms with van der Waals surface area (Å²) in [6.45, 7) is 0.531. The molecule has 18 rings (SSSR count). The van der Waals surface area contributed by atoms with E-state index in [1.165, 1.54) is 156 Å². The van der Waals surface area contributed by atoms with E-state index in [-0.39, 0.29) is 11.8 Å². The number of amides is 1.